The molecule has 0 N–H and O–H groups in total. The minimum Gasteiger partial charge on any atom is -0.340 e. The molecule has 0 fully saturated rings. The van der Waals surface area contributed by atoms with Gasteiger partial charge in [-0.25, -0.2) is 4.39 Å². The Kier molecular flexibility index (Phi) is 5.91. The minimum atomic E-state index is -0.303. The maximum absolute atomic E-state index is 13.1. The Bertz CT molecular complexity index is 911. The average molecular weight is 384 g/mol. The molecule has 3 aromatic rings. The number of amides is 1. The van der Waals surface area contributed by atoms with Crippen molar-refractivity contribution < 1.29 is 9.18 Å². The Morgan fingerprint density at radius 2 is 1.81 bits per heavy atom. The van der Waals surface area contributed by atoms with Gasteiger partial charge in [0.25, 0.3) is 0 Å². The van der Waals surface area contributed by atoms with Crippen LogP contribution >= 0.6 is 11.8 Å². The highest BCUT2D eigenvalue weighted by Gasteiger charge is 2.22. The van der Waals surface area contributed by atoms with Crippen molar-refractivity contribution in [3.8, 4) is 11.4 Å². The van der Waals surface area contributed by atoms with E-state index in [1.54, 1.807) is 24.1 Å². The summed E-state index contributed by atoms with van der Waals surface area (Å²) in [6.07, 6.45) is 0. The van der Waals surface area contributed by atoms with Gasteiger partial charge in [-0.05, 0) is 36.8 Å². The molecule has 0 saturated heterocycles. The molecule has 0 saturated carbocycles. The van der Waals surface area contributed by atoms with E-state index in [0.717, 1.165) is 11.1 Å². The molecule has 1 amide bonds. The summed E-state index contributed by atoms with van der Waals surface area (Å²) < 4.78 is 14.9. The van der Waals surface area contributed by atoms with Gasteiger partial charge in [0.05, 0.1) is 5.25 Å². The van der Waals surface area contributed by atoms with Crippen LogP contribution in [0.4, 0.5) is 4.39 Å². The lowest BCUT2D eigenvalue weighted by Crippen LogP contribution is -2.32. The first-order valence-electron chi connectivity index (χ1n) is 8.56. The topological polar surface area (TPSA) is 51.0 Å². The summed E-state index contributed by atoms with van der Waals surface area (Å²) in [5.41, 5.74) is 1.86. The molecule has 1 aromatic heterocycles. The van der Waals surface area contributed by atoms with Crippen LogP contribution in [0.15, 0.2) is 59.8 Å². The third-order valence-corrected chi connectivity index (χ3v) is 5.33. The molecule has 140 valence electrons. The number of carbonyl (C=O) groups is 1. The summed E-state index contributed by atoms with van der Waals surface area (Å²) >= 11 is 1.36. The second kappa shape index (κ2) is 8.35. The van der Waals surface area contributed by atoms with E-state index in [-0.39, 0.29) is 17.0 Å². The normalized spacial score (nSPS) is 12.0. The van der Waals surface area contributed by atoms with Crippen molar-refractivity contribution >= 4 is 17.7 Å². The van der Waals surface area contributed by atoms with Crippen molar-refractivity contribution in [3.63, 3.8) is 0 Å². The number of benzene rings is 2. The van der Waals surface area contributed by atoms with Gasteiger partial charge in [0.15, 0.2) is 11.0 Å². The van der Waals surface area contributed by atoms with Crippen molar-refractivity contribution in [3.05, 3.63) is 66.0 Å². The first-order valence-corrected chi connectivity index (χ1v) is 9.44. The van der Waals surface area contributed by atoms with Crippen LogP contribution in [0.2, 0.25) is 0 Å². The van der Waals surface area contributed by atoms with E-state index in [1.807, 2.05) is 48.9 Å². The smallest absolute Gasteiger partial charge is 0.235 e. The molecule has 3 rings (SSSR count). The van der Waals surface area contributed by atoms with Gasteiger partial charge in [0.1, 0.15) is 5.82 Å². The number of nitrogens with zero attached hydrogens (tertiary/aromatic N) is 4. The number of aromatic nitrogens is 3. The first-order chi connectivity index (χ1) is 13.0. The molecule has 0 spiro atoms. The number of hydrogen-bond acceptors (Lipinski definition) is 4. The number of thioether (sulfide) groups is 1. The fourth-order valence-corrected chi connectivity index (χ4v) is 3.65. The molecule has 0 unspecified atom stereocenters. The zero-order valence-corrected chi connectivity index (χ0v) is 16.3. The van der Waals surface area contributed by atoms with Crippen molar-refractivity contribution in [2.75, 3.05) is 7.05 Å². The lowest BCUT2D eigenvalue weighted by molar-refractivity contribution is -0.129. The molecule has 1 heterocycles. The largest absolute Gasteiger partial charge is 0.340 e. The summed E-state index contributed by atoms with van der Waals surface area (Å²) in [5, 5.41) is 8.72. The highest BCUT2D eigenvalue weighted by Crippen LogP contribution is 2.26. The molecular formula is C20H21FN4OS. The van der Waals surface area contributed by atoms with Crippen molar-refractivity contribution in [1.82, 2.24) is 19.7 Å². The maximum Gasteiger partial charge on any atom is 0.235 e. The number of hydrogen-bond donors (Lipinski definition) is 0. The second-order valence-electron chi connectivity index (χ2n) is 6.31. The van der Waals surface area contributed by atoms with Crippen molar-refractivity contribution in [1.29, 1.82) is 0 Å². The summed E-state index contributed by atoms with van der Waals surface area (Å²) in [4.78, 5) is 14.4. The Labute approximate surface area is 162 Å². The van der Waals surface area contributed by atoms with Crippen LogP contribution in [0.5, 0.6) is 0 Å². The molecule has 27 heavy (non-hydrogen) atoms. The second-order valence-corrected chi connectivity index (χ2v) is 7.62. The van der Waals surface area contributed by atoms with E-state index in [2.05, 4.69) is 10.2 Å². The molecule has 5 nitrogen and oxygen atoms in total. The maximum atomic E-state index is 13.1. The Balaban J connectivity index is 1.67. The Hall–Kier alpha value is -2.67. The molecule has 0 radical (unpaired) electrons. The molecule has 0 aliphatic carbocycles. The van der Waals surface area contributed by atoms with Gasteiger partial charge in [0.2, 0.25) is 5.91 Å². The van der Waals surface area contributed by atoms with Crippen LogP contribution in [0, 0.1) is 5.82 Å². The van der Waals surface area contributed by atoms with Gasteiger partial charge in [-0.15, -0.1) is 10.2 Å². The van der Waals surface area contributed by atoms with E-state index in [9.17, 15) is 9.18 Å². The molecule has 2 aromatic carbocycles. The van der Waals surface area contributed by atoms with E-state index in [4.69, 9.17) is 0 Å². The highest BCUT2D eigenvalue weighted by molar-refractivity contribution is 8.00. The summed E-state index contributed by atoms with van der Waals surface area (Å²) in [6, 6.07) is 16.0. The lowest BCUT2D eigenvalue weighted by Gasteiger charge is -2.21. The third kappa shape index (κ3) is 4.54. The Morgan fingerprint density at radius 1 is 1.15 bits per heavy atom. The van der Waals surface area contributed by atoms with E-state index < -0.39 is 0 Å². The fraction of sp³-hybridized carbons (Fsp3) is 0.250. The van der Waals surface area contributed by atoms with E-state index in [0.29, 0.717) is 17.5 Å². The lowest BCUT2D eigenvalue weighted by atomic mass is 10.2. The third-order valence-electron chi connectivity index (χ3n) is 4.21. The number of rotatable bonds is 6. The van der Waals surface area contributed by atoms with Crippen LogP contribution in [-0.4, -0.2) is 37.9 Å². The van der Waals surface area contributed by atoms with Gasteiger partial charge in [0, 0.05) is 26.2 Å². The van der Waals surface area contributed by atoms with Gasteiger partial charge in [-0.3, -0.25) is 4.79 Å². The molecule has 0 aliphatic rings. The highest BCUT2D eigenvalue weighted by atomic mass is 32.2. The predicted molar refractivity (Wildman–Crippen MR) is 105 cm³/mol. The molecular weight excluding hydrogens is 363 g/mol. The zero-order chi connectivity index (χ0) is 19.4. The Morgan fingerprint density at radius 3 is 2.48 bits per heavy atom. The van der Waals surface area contributed by atoms with Crippen molar-refractivity contribution in [2.45, 2.75) is 23.9 Å². The zero-order valence-electron chi connectivity index (χ0n) is 15.5. The monoisotopic (exact) mass is 384 g/mol. The standard InChI is InChI=1S/C20H21FN4OS/c1-14(19(26)24(2)13-15-7-5-4-6-8-15)27-20-23-22-18(25(20)3)16-9-11-17(21)12-10-16/h4-12,14H,13H2,1-3H3/t14-/m0/s1. The van der Waals surface area contributed by atoms with Crippen LogP contribution in [0.3, 0.4) is 0 Å². The van der Waals surface area contributed by atoms with E-state index in [1.165, 1.54) is 23.9 Å². The van der Waals surface area contributed by atoms with Crippen LogP contribution in [0.1, 0.15) is 12.5 Å². The first kappa shape index (κ1) is 19.1. The number of carbonyl (C=O) groups excluding carboxylic acids is 1. The predicted octanol–water partition coefficient (Wildman–Crippen LogP) is 3.76. The van der Waals surface area contributed by atoms with Gasteiger partial charge < -0.3 is 9.47 Å². The fourth-order valence-electron chi connectivity index (χ4n) is 2.72. The van der Waals surface area contributed by atoms with Gasteiger partial charge in [-0.1, -0.05) is 42.1 Å². The number of halogens is 1. The molecule has 0 aliphatic heterocycles. The van der Waals surface area contributed by atoms with Crippen LogP contribution in [0.25, 0.3) is 11.4 Å². The molecule has 0 bridgehead atoms. The summed E-state index contributed by atoms with van der Waals surface area (Å²) in [7, 11) is 3.64. The van der Waals surface area contributed by atoms with Gasteiger partial charge >= 0.3 is 0 Å². The average Bonchev–Trinajstić information content (AvgIpc) is 3.03. The van der Waals surface area contributed by atoms with Crippen molar-refractivity contribution in [2.24, 2.45) is 7.05 Å². The van der Waals surface area contributed by atoms with E-state index >= 15 is 0 Å². The SMILES string of the molecule is C[C@H](Sc1nnc(-c2ccc(F)cc2)n1C)C(=O)N(C)Cc1ccccc1. The minimum absolute atomic E-state index is 0.0233. The molecule has 1 atom stereocenters. The van der Waals surface area contributed by atoms with Crippen LogP contribution < -0.4 is 0 Å². The summed E-state index contributed by atoms with van der Waals surface area (Å²) in [5.74, 6) is 0.362. The van der Waals surface area contributed by atoms with Gasteiger partial charge in [-0.2, -0.15) is 0 Å². The van der Waals surface area contributed by atoms with Crippen LogP contribution in [-0.2, 0) is 18.4 Å². The summed E-state index contributed by atoms with van der Waals surface area (Å²) in [6.45, 7) is 2.42. The molecule has 7 heteroatoms. The quantitative estimate of drug-likeness (QED) is 0.607.